The van der Waals surface area contributed by atoms with Crippen LogP contribution in [0.2, 0.25) is 0 Å². The predicted octanol–water partition coefficient (Wildman–Crippen LogP) is 2.32. The zero-order valence-electron chi connectivity index (χ0n) is 9.98. The van der Waals surface area contributed by atoms with E-state index in [1.807, 2.05) is 20.8 Å². The highest BCUT2D eigenvalue weighted by atomic mass is 32.2. The molecule has 0 aliphatic rings. The molecule has 90 valence electrons. The molecule has 16 heavy (non-hydrogen) atoms. The highest BCUT2D eigenvalue weighted by Gasteiger charge is 2.22. The molecule has 1 unspecified atom stereocenters. The van der Waals surface area contributed by atoms with E-state index in [0.29, 0.717) is 0 Å². The highest BCUT2D eigenvalue weighted by molar-refractivity contribution is 8.02. The van der Waals surface area contributed by atoms with E-state index in [1.165, 1.54) is 23.1 Å². The fraction of sp³-hybridized carbons (Fsp3) is 0.700. The van der Waals surface area contributed by atoms with Crippen molar-refractivity contribution in [3.8, 4) is 0 Å². The minimum Gasteiger partial charge on any atom is -0.350 e. The average Bonchev–Trinajstić information content (AvgIpc) is 2.69. The molecule has 0 spiro atoms. The smallest absolute Gasteiger partial charge is 0.233 e. The third-order valence-electron chi connectivity index (χ3n) is 2.33. The number of aromatic nitrogens is 2. The van der Waals surface area contributed by atoms with E-state index in [2.05, 4.69) is 22.4 Å². The molecule has 0 radical (unpaired) electrons. The van der Waals surface area contributed by atoms with Crippen LogP contribution in [0.1, 0.15) is 34.1 Å². The number of nitrogens with one attached hydrogen (secondary N) is 1. The summed E-state index contributed by atoms with van der Waals surface area (Å²) in [5, 5.41) is 10.5. The van der Waals surface area contributed by atoms with Crippen molar-refractivity contribution in [3.63, 3.8) is 0 Å². The van der Waals surface area contributed by atoms with Gasteiger partial charge in [-0.3, -0.25) is 4.79 Å². The van der Waals surface area contributed by atoms with E-state index in [1.54, 1.807) is 5.51 Å². The van der Waals surface area contributed by atoms with Gasteiger partial charge in [0.2, 0.25) is 5.91 Å². The second-order valence-corrected chi connectivity index (χ2v) is 6.61. The minimum atomic E-state index is -0.146. The summed E-state index contributed by atoms with van der Waals surface area (Å²) in [6.45, 7) is 7.98. The van der Waals surface area contributed by atoms with E-state index >= 15 is 0 Å². The molecule has 1 aromatic rings. The molecule has 0 bridgehead atoms. The lowest BCUT2D eigenvalue weighted by molar-refractivity contribution is -0.121. The second kappa shape index (κ2) is 5.63. The highest BCUT2D eigenvalue weighted by Crippen LogP contribution is 2.24. The van der Waals surface area contributed by atoms with Crippen LogP contribution < -0.4 is 5.32 Å². The Labute approximate surface area is 104 Å². The lowest BCUT2D eigenvalue weighted by Crippen LogP contribution is -2.46. The van der Waals surface area contributed by atoms with Gasteiger partial charge in [-0.15, -0.1) is 10.2 Å². The zero-order chi connectivity index (χ0) is 12.2. The number of nitrogens with zero attached hydrogens (tertiary/aromatic N) is 2. The number of thioether (sulfide) groups is 1. The Balaban J connectivity index is 2.48. The van der Waals surface area contributed by atoms with Crippen LogP contribution in [-0.2, 0) is 4.79 Å². The van der Waals surface area contributed by atoms with Crippen molar-refractivity contribution in [2.24, 2.45) is 0 Å². The maximum atomic E-state index is 11.9. The molecule has 0 aliphatic heterocycles. The maximum Gasteiger partial charge on any atom is 0.233 e. The van der Waals surface area contributed by atoms with Gasteiger partial charge in [-0.25, -0.2) is 0 Å². The molecule has 4 nitrogen and oxygen atoms in total. The van der Waals surface area contributed by atoms with Crippen molar-refractivity contribution in [2.45, 2.75) is 49.2 Å². The molecular weight excluding hydrogens is 242 g/mol. The van der Waals surface area contributed by atoms with Gasteiger partial charge >= 0.3 is 0 Å². The van der Waals surface area contributed by atoms with Crippen LogP contribution in [0.15, 0.2) is 9.85 Å². The van der Waals surface area contributed by atoms with Crippen LogP contribution in [0.3, 0.4) is 0 Å². The van der Waals surface area contributed by atoms with Gasteiger partial charge in [0.05, 0.1) is 5.25 Å². The van der Waals surface area contributed by atoms with Crippen LogP contribution >= 0.6 is 23.1 Å². The van der Waals surface area contributed by atoms with Crippen molar-refractivity contribution in [3.05, 3.63) is 5.51 Å². The van der Waals surface area contributed by atoms with E-state index in [4.69, 9.17) is 0 Å². The Bertz CT molecular complexity index is 338. The van der Waals surface area contributed by atoms with Gasteiger partial charge in [-0.1, -0.05) is 30.0 Å². The van der Waals surface area contributed by atoms with Crippen molar-refractivity contribution in [1.29, 1.82) is 0 Å². The van der Waals surface area contributed by atoms with Crippen molar-refractivity contribution in [1.82, 2.24) is 15.5 Å². The Hall–Kier alpha value is -0.620. The van der Waals surface area contributed by atoms with Crippen molar-refractivity contribution in [2.75, 3.05) is 0 Å². The van der Waals surface area contributed by atoms with Gasteiger partial charge in [-0.05, 0) is 27.2 Å². The molecule has 1 N–H and O–H groups in total. The fourth-order valence-electron chi connectivity index (χ4n) is 0.943. The molecule has 0 aliphatic carbocycles. The molecule has 0 saturated heterocycles. The van der Waals surface area contributed by atoms with Gasteiger partial charge in [0, 0.05) is 5.54 Å². The number of amides is 1. The van der Waals surface area contributed by atoms with E-state index in [0.717, 1.165) is 10.8 Å². The molecule has 0 aromatic carbocycles. The standard InChI is InChI=1S/C10H17N3OS2/c1-5-10(3,4)12-8(14)7(2)16-9-13-11-6-15-9/h6-7H,5H2,1-4H3,(H,12,14). The number of carbonyl (C=O) groups is 1. The topological polar surface area (TPSA) is 54.9 Å². The molecule has 0 fully saturated rings. The molecule has 0 saturated carbocycles. The summed E-state index contributed by atoms with van der Waals surface area (Å²) in [6, 6.07) is 0. The number of rotatable bonds is 5. The first kappa shape index (κ1) is 13.4. The first-order valence-corrected chi connectivity index (χ1v) is 6.95. The van der Waals surface area contributed by atoms with E-state index in [9.17, 15) is 4.79 Å². The predicted molar refractivity (Wildman–Crippen MR) is 67.7 cm³/mol. The summed E-state index contributed by atoms with van der Waals surface area (Å²) in [4.78, 5) is 11.9. The summed E-state index contributed by atoms with van der Waals surface area (Å²) < 4.78 is 0.831. The van der Waals surface area contributed by atoms with Gasteiger partial charge in [-0.2, -0.15) is 0 Å². The Morgan fingerprint density at radius 3 is 2.88 bits per heavy atom. The summed E-state index contributed by atoms with van der Waals surface area (Å²) >= 11 is 2.90. The van der Waals surface area contributed by atoms with Gasteiger partial charge in [0.25, 0.3) is 0 Å². The molecule has 1 aromatic heterocycles. The van der Waals surface area contributed by atoms with Crippen molar-refractivity contribution < 1.29 is 4.79 Å². The molecule has 1 rings (SSSR count). The number of carbonyl (C=O) groups excluding carboxylic acids is 1. The average molecular weight is 259 g/mol. The molecule has 1 heterocycles. The number of hydrogen-bond donors (Lipinski definition) is 1. The van der Waals surface area contributed by atoms with E-state index < -0.39 is 0 Å². The van der Waals surface area contributed by atoms with Gasteiger partial charge < -0.3 is 5.32 Å². The quantitative estimate of drug-likeness (QED) is 0.825. The summed E-state index contributed by atoms with van der Waals surface area (Å²) in [7, 11) is 0. The van der Waals surface area contributed by atoms with Crippen molar-refractivity contribution >= 4 is 29.0 Å². The van der Waals surface area contributed by atoms with Gasteiger partial charge in [0.1, 0.15) is 5.51 Å². The Kier molecular flexibility index (Phi) is 4.73. The SMILES string of the molecule is CCC(C)(C)NC(=O)C(C)Sc1nncs1. The second-order valence-electron chi connectivity index (χ2n) is 4.19. The Morgan fingerprint density at radius 2 is 2.38 bits per heavy atom. The molecular formula is C10H17N3OS2. The van der Waals surface area contributed by atoms with Crippen LogP contribution in [0.5, 0.6) is 0 Å². The fourth-order valence-corrected chi connectivity index (χ4v) is 2.57. The Morgan fingerprint density at radius 1 is 1.69 bits per heavy atom. The lowest BCUT2D eigenvalue weighted by atomic mass is 10.0. The van der Waals surface area contributed by atoms with Crippen LogP contribution in [-0.4, -0.2) is 26.9 Å². The normalized spacial score (nSPS) is 13.5. The first-order chi connectivity index (χ1) is 7.44. The summed E-state index contributed by atoms with van der Waals surface area (Å²) in [6.07, 6.45) is 0.912. The minimum absolute atomic E-state index is 0.0482. The van der Waals surface area contributed by atoms with Gasteiger partial charge in [0.15, 0.2) is 4.34 Å². The molecule has 1 atom stereocenters. The molecule has 6 heteroatoms. The lowest BCUT2D eigenvalue weighted by Gasteiger charge is -2.26. The van der Waals surface area contributed by atoms with E-state index in [-0.39, 0.29) is 16.7 Å². The monoisotopic (exact) mass is 259 g/mol. The van der Waals surface area contributed by atoms with Crippen LogP contribution in [0.4, 0.5) is 0 Å². The molecule has 1 amide bonds. The van der Waals surface area contributed by atoms with Crippen LogP contribution in [0.25, 0.3) is 0 Å². The third kappa shape index (κ3) is 4.09. The zero-order valence-corrected chi connectivity index (χ0v) is 11.6. The summed E-state index contributed by atoms with van der Waals surface area (Å²) in [5.74, 6) is 0.0482. The third-order valence-corrected chi connectivity index (χ3v) is 4.24. The first-order valence-electron chi connectivity index (χ1n) is 5.19. The van der Waals surface area contributed by atoms with Crippen LogP contribution in [0, 0.1) is 0 Å². The maximum absolute atomic E-state index is 11.9. The number of hydrogen-bond acceptors (Lipinski definition) is 5. The largest absolute Gasteiger partial charge is 0.350 e. The summed E-state index contributed by atoms with van der Waals surface area (Å²) in [5.41, 5.74) is 1.52.